The first kappa shape index (κ1) is 38.4. The maximum Gasteiger partial charge on any atom is 0.273 e. The predicted octanol–water partition coefficient (Wildman–Crippen LogP) is 7.42. The van der Waals surface area contributed by atoms with E-state index in [4.69, 9.17) is 19.0 Å². The molecule has 2 aromatic carbocycles. The Balaban J connectivity index is 1.49. The van der Waals surface area contributed by atoms with Crippen LogP contribution in [0.15, 0.2) is 90.5 Å². The van der Waals surface area contributed by atoms with Gasteiger partial charge in [0.1, 0.15) is 24.4 Å². The van der Waals surface area contributed by atoms with E-state index in [2.05, 4.69) is 27.8 Å². The summed E-state index contributed by atoms with van der Waals surface area (Å²) in [6, 6.07) is 11.9. The Bertz CT molecular complexity index is 1770. The number of hydrogen-bond acceptors (Lipinski definition) is 12. The third kappa shape index (κ3) is 8.59. The average molecular weight is 745 g/mol. The molecule has 2 heterocycles. The number of benzene rings is 2. The van der Waals surface area contributed by atoms with Crippen LogP contribution in [0.1, 0.15) is 62.1 Å². The smallest absolute Gasteiger partial charge is 0.273 e. The molecular formula is C40H48N4O8S. The molecule has 0 radical (unpaired) electrons. The predicted molar refractivity (Wildman–Crippen MR) is 203 cm³/mol. The highest BCUT2D eigenvalue weighted by Gasteiger charge is 2.64. The molecule has 3 aliphatic rings. The minimum atomic E-state index is -1.09. The fourth-order valence-electron chi connectivity index (χ4n) is 8.21. The van der Waals surface area contributed by atoms with E-state index in [9.17, 15) is 20.3 Å². The van der Waals surface area contributed by atoms with Crippen LogP contribution in [0.2, 0.25) is 0 Å². The normalized spacial score (nSPS) is 25.1. The first-order chi connectivity index (χ1) is 25.9. The largest absolute Gasteiger partial charge is 0.460 e. The fraction of sp³-hybridized carbons (Fsp3) is 0.475. The minimum absolute atomic E-state index is 0.0558. The van der Waals surface area contributed by atoms with E-state index >= 15 is 0 Å². The van der Waals surface area contributed by atoms with Crippen molar-refractivity contribution in [2.24, 2.45) is 22.9 Å². The molecule has 1 aromatic heterocycles. The van der Waals surface area contributed by atoms with E-state index in [1.807, 2.05) is 18.2 Å². The Morgan fingerprint density at radius 3 is 2.66 bits per heavy atom. The molecule has 2 N–H and O–H groups in total. The summed E-state index contributed by atoms with van der Waals surface area (Å²) < 4.78 is 20.4. The van der Waals surface area contributed by atoms with Crippen molar-refractivity contribution < 1.29 is 34.2 Å². The van der Waals surface area contributed by atoms with E-state index < -0.39 is 10.7 Å². The number of aryl methyl sites for hydroxylation is 1. The number of non-ortho nitro benzene ring substituents is 1. The summed E-state index contributed by atoms with van der Waals surface area (Å²) >= 11 is 1.76. The van der Waals surface area contributed by atoms with Gasteiger partial charge in [-0.3, -0.25) is 20.1 Å². The van der Waals surface area contributed by atoms with Gasteiger partial charge in [-0.1, -0.05) is 36.2 Å². The Hall–Kier alpha value is -4.30. The number of nitro benzene ring substituents is 1. The van der Waals surface area contributed by atoms with Gasteiger partial charge in [0, 0.05) is 62.2 Å². The second-order valence-electron chi connectivity index (χ2n) is 13.6. The molecule has 1 aliphatic heterocycles. The molecule has 0 amide bonds. The first-order valence-electron chi connectivity index (χ1n) is 18.3. The summed E-state index contributed by atoms with van der Waals surface area (Å²) in [4.78, 5) is 25.3. The molecule has 0 spiro atoms. The summed E-state index contributed by atoms with van der Waals surface area (Å²) in [6.45, 7) is 4.50. The van der Waals surface area contributed by atoms with Gasteiger partial charge in [-0.25, -0.2) is 0 Å². The number of ether oxygens (including phenoxy) is 3. The molecule has 6 rings (SSSR count). The third-order valence-corrected chi connectivity index (χ3v) is 11.7. The van der Waals surface area contributed by atoms with Gasteiger partial charge in [0.05, 0.1) is 40.2 Å². The number of aliphatic hydroxyl groups is 2. The van der Waals surface area contributed by atoms with Crippen molar-refractivity contribution in [3.8, 4) is 17.2 Å². The van der Waals surface area contributed by atoms with Crippen molar-refractivity contribution in [3.05, 3.63) is 107 Å². The number of aliphatic hydroxyl groups excluding tert-OH is 2. The number of hydrogen-bond donors (Lipinski definition) is 2. The monoisotopic (exact) mass is 744 g/mol. The SMILES string of the molecule is C=CCO[C@@]12Oc3ccc(Oc4cccc([N+](=O)[O-])c4)cc3[C@H]3[C@H](CCCCO)[C@@H](CCCCO)C=C(C(=NOC)C[C@@H]1SCCc1cnccn1)[C@H]32. The van der Waals surface area contributed by atoms with Gasteiger partial charge < -0.3 is 29.3 Å². The van der Waals surface area contributed by atoms with Gasteiger partial charge in [0.15, 0.2) is 0 Å². The molecule has 1 fully saturated rings. The first-order valence-corrected chi connectivity index (χ1v) is 19.4. The molecule has 282 valence electrons. The fourth-order valence-corrected chi connectivity index (χ4v) is 9.59. The summed E-state index contributed by atoms with van der Waals surface area (Å²) in [5.41, 5.74) is 3.70. The quantitative estimate of drug-likeness (QED) is 0.0545. The highest BCUT2D eigenvalue weighted by atomic mass is 32.2. The second-order valence-corrected chi connectivity index (χ2v) is 14.9. The molecule has 6 atom stereocenters. The highest BCUT2D eigenvalue weighted by Crippen LogP contribution is 2.62. The number of nitrogens with zero attached hydrogens (tertiary/aromatic N) is 4. The number of thioether (sulfide) groups is 1. The van der Waals surface area contributed by atoms with Gasteiger partial charge >= 0.3 is 0 Å². The molecule has 0 unspecified atom stereocenters. The molecule has 53 heavy (non-hydrogen) atoms. The number of oxime groups is 1. The van der Waals surface area contributed by atoms with Gasteiger partial charge in [0.2, 0.25) is 5.79 Å². The lowest BCUT2D eigenvalue weighted by molar-refractivity contribution is -0.384. The number of fused-ring (bicyclic) bond motifs is 2. The summed E-state index contributed by atoms with van der Waals surface area (Å²) in [5, 5.41) is 35.5. The van der Waals surface area contributed by atoms with E-state index in [-0.39, 0.29) is 54.4 Å². The molecular weight excluding hydrogens is 697 g/mol. The lowest BCUT2D eigenvalue weighted by Gasteiger charge is -2.58. The maximum atomic E-state index is 11.5. The summed E-state index contributed by atoms with van der Waals surface area (Å²) in [7, 11) is 1.57. The molecule has 12 nitrogen and oxygen atoms in total. The van der Waals surface area contributed by atoms with Crippen LogP contribution in [-0.2, 0) is 16.0 Å². The molecule has 2 aliphatic carbocycles. The Labute approximate surface area is 314 Å². The Morgan fingerprint density at radius 1 is 1.11 bits per heavy atom. The zero-order chi connectivity index (χ0) is 37.2. The molecule has 3 aromatic rings. The van der Waals surface area contributed by atoms with Crippen molar-refractivity contribution in [2.75, 3.05) is 32.7 Å². The highest BCUT2D eigenvalue weighted by molar-refractivity contribution is 8.00. The summed E-state index contributed by atoms with van der Waals surface area (Å²) in [6.07, 6.45) is 15.3. The van der Waals surface area contributed by atoms with Crippen LogP contribution in [0.25, 0.3) is 0 Å². The number of nitro groups is 1. The van der Waals surface area contributed by atoms with E-state index in [0.717, 1.165) is 54.0 Å². The Kier molecular flexibility index (Phi) is 13.2. The van der Waals surface area contributed by atoms with Crippen LogP contribution in [0.3, 0.4) is 0 Å². The molecule has 1 saturated carbocycles. The lowest BCUT2D eigenvalue weighted by Crippen LogP contribution is -2.64. The topological polar surface area (TPSA) is 159 Å². The molecule has 0 saturated heterocycles. The zero-order valence-corrected chi connectivity index (χ0v) is 30.9. The number of rotatable bonds is 19. The van der Waals surface area contributed by atoms with Gasteiger partial charge in [-0.2, -0.15) is 11.8 Å². The van der Waals surface area contributed by atoms with Gasteiger partial charge in [0.25, 0.3) is 5.69 Å². The number of allylic oxidation sites excluding steroid dienone is 1. The van der Waals surface area contributed by atoms with Crippen molar-refractivity contribution >= 4 is 23.2 Å². The molecule has 13 heteroatoms. The van der Waals surface area contributed by atoms with Gasteiger partial charge in [-0.15, -0.1) is 6.58 Å². The third-order valence-electron chi connectivity index (χ3n) is 10.4. The van der Waals surface area contributed by atoms with E-state index in [1.165, 1.54) is 12.1 Å². The number of aromatic nitrogens is 2. The summed E-state index contributed by atoms with van der Waals surface area (Å²) in [5.74, 6) is 1.11. The van der Waals surface area contributed by atoms with Crippen molar-refractivity contribution in [3.63, 3.8) is 0 Å². The van der Waals surface area contributed by atoms with Crippen LogP contribution < -0.4 is 9.47 Å². The van der Waals surface area contributed by atoms with Crippen LogP contribution in [0, 0.1) is 27.9 Å². The zero-order valence-electron chi connectivity index (χ0n) is 30.0. The van der Waals surface area contributed by atoms with E-state index in [1.54, 1.807) is 55.7 Å². The van der Waals surface area contributed by atoms with Crippen LogP contribution in [-0.4, -0.2) is 74.5 Å². The lowest BCUT2D eigenvalue weighted by atomic mass is 9.56. The average Bonchev–Trinajstić information content (AvgIpc) is 3.17. The Morgan fingerprint density at radius 2 is 1.92 bits per heavy atom. The number of unbranched alkanes of at least 4 members (excludes halogenated alkanes) is 2. The van der Waals surface area contributed by atoms with Crippen molar-refractivity contribution in [2.45, 2.75) is 68.3 Å². The van der Waals surface area contributed by atoms with E-state index in [0.29, 0.717) is 42.9 Å². The van der Waals surface area contributed by atoms with Crippen LogP contribution in [0.4, 0.5) is 5.69 Å². The maximum absolute atomic E-state index is 11.5. The van der Waals surface area contributed by atoms with Crippen LogP contribution in [0.5, 0.6) is 17.2 Å². The standard InChI is InChI=1S/C40H48N4O8S/c1-3-20-50-40-37(53-21-15-28-26-41-16-17-42-28)25-35(43-49-2)33-22-27(9-4-6-18-45)32(12-5-7-19-46)38(39(33)40)34-24-31(13-14-36(34)52-40)51-30-11-8-10-29(23-30)44(47)48/h3,8,10-11,13-14,16-17,22-24,26-27,32,37-39,45-46H,1,4-7,9,12,15,18-21,25H2,2H3/t27-,32+,37-,38+,39+,40+/m0/s1. The second kappa shape index (κ2) is 18.2. The van der Waals surface area contributed by atoms with Crippen LogP contribution >= 0.6 is 11.8 Å². The van der Waals surface area contributed by atoms with Gasteiger partial charge in [-0.05, 0) is 73.1 Å². The van der Waals surface area contributed by atoms with Crippen molar-refractivity contribution in [1.82, 2.24) is 9.97 Å². The minimum Gasteiger partial charge on any atom is -0.460 e. The molecule has 0 bridgehead atoms. The van der Waals surface area contributed by atoms with Crippen molar-refractivity contribution in [1.29, 1.82) is 0 Å².